The van der Waals surface area contributed by atoms with Crippen LogP contribution in [0.4, 0.5) is 0 Å². The Bertz CT molecular complexity index is 2030. The predicted molar refractivity (Wildman–Crippen MR) is 198 cm³/mol. The van der Waals surface area contributed by atoms with Crippen molar-refractivity contribution in [2.24, 2.45) is 0 Å². The number of thiophene rings is 2. The van der Waals surface area contributed by atoms with Gasteiger partial charge in [-0.05, 0) is 47.8 Å². The van der Waals surface area contributed by atoms with Crippen molar-refractivity contribution < 1.29 is 42.1 Å². The van der Waals surface area contributed by atoms with Gasteiger partial charge in [0.1, 0.15) is 0 Å². The van der Waals surface area contributed by atoms with Gasteiger partial charge in [0.2, 0.25) is 0 Å². The van der Waals surface area contributed by atoms with Crippen LogP contribution in [0.3, 0.4) is 0 Å². The van der Waals surface area contributed by atoms with E-state index in [0.717, 1.165) is 45.3 Å². The largest absolute Gasteiger partial charge is 2.00 e. The van der Waals surface area contributed by atoms with Crippen molar-refractivity contribution in [3.05, 3.63) is 181 Å². The minimum Gasteiger partial charge on any atom is -0.295 e. The topological polar surface area (TPSA) is 51.6 Å². The number of rotatable bonds is 4. The molecule has 6 aromatic heterocycles. The third kappa shape index (κ3) is 9.41. The number of hydrogen-bond donors (Lipinski definition) is 0. The van der Waals surface area contributed by atoms with Crippen molar-refractivity contribution in [3.8, 4) is 45.3 Å². The zero-order valence-corrected chi connectivity index (χ0v) is 32.4. The van der Waals surface area contributed by atoms with Gasteiger partial charge in [0, 0.05) is 12.4 Å². The fourth-order valence-electron chi connectivity index (χ4n) is 4.88. The van der Waals surface area contributed by atoms with Gasteiger partial charge in [-0.15, -0.1) is 77.9 Å². The molecule has 0 atom stereocenters. The molecule has 9 rings (SSSR count). The fourth-order valence-corrected chi connectivity index (χ4v) is 6.44. The summed E-state index contributed by atoms with van der Waals surface area (Å²) >= 11 is 3.49. The Hall–Kier alpha value is -4.44. The van der Waals surface area contributed by atoms with Crippen LogP contribution in [0, 0.1) is 24.3 Å². The SMILES string of the molecule is [Pt+2].[Pt+2].[c-]1ccccc1-c1cccc(-c2ccccn2)n1.[c-]1ccccc1-c1cccc(-c2ccccn2)n1.[c-]1csc2cc3sc[c-]c3cc12. The number of hydrogen-bond acceptors (Lipinski definition) is 6. The van der Waals surface area contributed by atoms with Crippen LogP contribution in [0.25, 0.3) is 65.5 Å². The summed E-state index contributed by atoms with van der Waals surface area (Å²) in [5, 5.41) is 6.44. The van der Waals surface area contributed by atoms with Gasteiger partial charge in [0.15, 0.2) is 0 Å². The first-order chi connectivity index (χ1) is 23.8. The maximum Gasteiger partial charge on any atom is 2.00 e. The van der Waals surface area contributed by atoms with E-state index in [-0.39, 0.29) is 42.1 Å². The Kier molecular flexibility index (Phi) is 13.6. The summed E-state index contributed by atoms with van der Waals surface area (Å²) < 4.78 is 2.64. The molecule has 0 radical (unpaired) electrons. The number of fused-ring (bicyclic) bond motifs is 2. The molecule has 0 aliphatic carbocycles. The van der Waals surface area contributed by atoms with Crippen LogP contribution in [0.2, 0.25) is 0 Å². The van der Waals surface area contributed by atoms with Gasteiger partial charge in [0.05, 0.1) is 22.8 Å². The van der Waals surface area contributed by atoms with Crippen LogP contribution in [-0.2, 0) is 42.1 Å². The first-order valence-corrected chi connectivity index (χ1v) is 16.9. The van der Waals surface area contributed by atoms with Gasteiger partial charge in [-0.2, -0.15) is 29.0 Å². The molecule has 0 bridgehead atoms. The smallest absolute Gasteiger partial charge is 0.295 e. The molecule has 9 aromatic rings. The van der Waals surface area contributed by atoms with Crippen molar-refractivity contribution in [3.63, 3.8) is 0 Å². The van der Waals surface area contributed by atoms with Crippen molar-refractivity contribution >= 4 is 42.8 Å². The zero-order chi connectivity index (χ0) is 32.4. The standard InChI is InChI=1S/2C16H11N2.C10H4S2.2Pt/c2*1-2-7-13(8-3-1)14-10-6-11-16(18-14)15-9-4-5-12-17-15;1-3-11-9-6-10-8(2-4-12-10)5-7(1)9;;/h2*1-7,9-12H;3-6H;;/q2*-1;-2;2*+2. The summed E-state index contributed by atoms with van der Waals surface area (Å²) in [6.07, 6.45) is 3.55. The van der Waals surface area contributed by atoms with E-state index in [0.29, 0.717) is 0 Å². The quantitative estimate of drug-likeness (QED) is 0.165. The molecular formula is C42H26N4Pt2S2. The molecule has 0 fully saturated rings. The van der Waals surface area contributed by atoms with E-state index in [2.05, 4.69) is 56.3 Å². The zero-order valence-electron chi connectivity index (χ0n) is 26.2. The molecule has 0 N–H and O–H groups in total. The number of pyridine rings is 4. The molecule has 0 aliphatic rings. The van der Waals surface area contributed by atoms with Crippen LogP contribution in [0.5, 0.6) is 0 Å². The van der Waals surface area contributed by atoms with Crippen molar-refractivity contribution in [2.45, 2.75) is 0 Å². The molecule has 246 valence electrons. The second-order valence-corrected chi connectivity index (χ2v) is 12.2. The predicted octanol–water partition coefficient (Wildman–Crippen LogP) is 10.9. The molecule has 50 heavy (non-hydrogen) atoms. The Balaban J connectivity index is 0.000000146. The first-order valence-electron chi connectivity index (χ1n) is 15.2. The van der Waals surface area contributed by atoms with Crippen LogP contribution < -0.4 is 0 Å². The molecule has 0 amide bonds. The summed E-state index contributed by atoms with van der Waals surface area (Å²) in [5.74, 6) is 0. The second-order valence-electron chi connectivity index (χ2n) is 10.4. The molecule has 0 saturated heterocycles. The molecular weight excluding hydrogens is 1010 g/mol. The second kappa shape index (κ2) is 18.5. The third-order valence-electron chi connectivity index (χ3n) is 7.21. The van der Waals surface area contributed by atoms with Gasteiger partial charge in [-0.1, -0.05) is 56.6 Å². The summed E-state index contributed by atoms with van der Waals surface area (Å²) in [6.45, 7) is 0. The Morgan fingerprint density at radius 1 is 0.400 bits per heavy atom. The van der Waals surface area contributed by atoms with Gasteiger partial charge in [-0.3, -0.25) is 19.9 Å². The molecule has 0 spiro atoms. The van der Waals surface area contributed by atoms with Gasteiger partial charge < -0.3 is 0 Å². The fraction of sp³-hybridized carbons (Fsp3) is 0. The van der Waals surface area contributed by atoms with Crippen LogP contribution in [0.1, 0.15) is 0 Å². The van der Waals surface area contributed by atoms with Crippen molar-refractivity contribution in [2.75, 3.05) is 0 Å². The Morgan fingerprint density at radius 2 is 0.840 bits per heavy atom. The average molecular weight is 1040 g/mol. The number of aromatic nitrogens is 4. The Labute approximate surface area is 328 Å². The van der Waals surface area contributed by atoms with E-state index in [1.807, 2.05) is 132 Å². The summed E-state index contributed by atoms with van der Waals surface area (Å²) in [7, 11) is 0. The third-order valence-corrected chi connectivity index (χ3v) is 8.86. The molecule has 6 heterocycles. The molecule has 0 unspecified atom stereocenters. The van der Waals surface area contributed by atoms with Crippen LogP contribution in [0.15, 0.2) is 157 Å². The van der Waals surface area contributed by atoms with E-state index < -0.39 is 0 Å². The molecule has 3 aromatic carbocycles. The Morgan fingerprint density at radius 3 is 1.26 bits per heavy atom. The van der Waals surface area contributed by atoms with E-state index >= 15 is 0 Å². The summed E-state index contributed by atoms with van der Waals surface area (Å²) in [4.78, 5) is 17.9. The minimum absolute atomic E-state index is 0. The van der Waals surface area contributed by atoms with E-state index in [9.17, 15) is 0 Å². The maximum absolute atomic E-state index is 4.62. The molecule has 8 heteroatoms. The first kappa shape index (κ1) is 36.8. The van der Waals surface area contributed by atoms with Crippen molar-refractivity contribution in [1.29, 1.82) is 0 Å². The maximum atomic E-state index is 4.62. The monoisotopic (exact) mass is 1040 g/mol. The molecule has 0 saturated carbocycles. The van der Waals surface area contributed by atoms with Gasteiger partial charge in [0.25, 0.3) is 0 Å². The minimum atomic E-state index is 0. The van der Waals surface area contributed by atoms with Crippen molar-refractivity contribution in [1.82, 2.24) is 19.9 Å². The summed E-state index contributed by atoms with van der Waals surface area (Å²) in [5.41, 5.74) is 7.35. The van der Waals surface area contributed by atoms with Crippen LogP contribution in [-0.4, -0.2) is 19.9 Å². The number of nitrogens with zero attached hydrogens (tertiary/aromatic N) is 4. The van der Waals surface area contributed by atoms with E-state index in [1.54, 1.807) is 35.1 Å². The normalized spacial score (nSPS) is 10.1. The molecule has 0 aliphatic heterocycles. The average Bonchev–Trinajstić information content (AvgIpc) is 3.85. The van der Waals surface area contributed by atoms with E-state index in [4.69, 9.17) is 0 Å². The van der Waals surface area contributed by atoms with E-state index in [1.165, 1.54) is 20.2 Å². The van der Waals surface area contributed by atoms with Crippen LogP contribution >= 0.6 is 22.7 Å². The van der Waals surface area contributed by atoms with Gasteiger partial charge >= 0.3 is 42.1 Å². The summed E-state index contributed by atoms with van der Waals surface area (Å²) in [6, 6.07) is 56.3. The van der Waals surface area contributed by atoms with Gasteiger partial charge in [-0.25, -0.2) is 22.7 Å². The number of benzene rings is 3. The molecule has 4 nitrogen and oxygen atoms in total.